The Labute approximate surface area is 111 Å². The van der Waals surface area contributed by atoms with Crippen molar-refractivity contribution in [3.8, 4) is 0 Å². The number of aromatic nitrogens is 3. The van der Waals surface area contributed by atoms with Gasteiger partial charge in [0.15, 0.2) is 5.65 Å². The van der Waals surface area contributed by atoms with Crippen molar-refractivity contribution in [2.45, 2.75) is 45.1 Å². The Morgan fingerprint density at radius 2 is 1.95 bits per heavy atom. The summed E-state index contributed by atoms with van der Waals surface area (Å²) in [4.78, 5) is 20.4. The van der Waals surface area contributed by atoms with Crippen molar-refractivity contribution in [3.05, 3.63) is 23.7 Å². The molecule has 2 heterocycles. The highest BCUT2D eigenvalue weighted by atomic mass is 16.1. The number of rotatable bonds is 2. The standard InChI is InChI=1S/C14H18N4O/c1-9-11(13(15)19)12-14(17-8-7-16-12)18(9)10-5-3-2-4-6-10/h7-8,10H,2-6H2,1H3,(H2,15,19). The van der Waals surface area contributed by atoms with E-state index in [1.165, 1.54) is 19.3 Å². The summed E-state index contributed by atoms with van der Waals surface area (Å²) in [6.45, 7) is 1.94. The molecule has 3 rings (SSSR count). The average Bonchev–Trinajstić information content (AvgIpc) is 2.71. The van der Waals surface area contributed by atoms with Gasteiger partial charge in [0.05, 0.1) is 5.56 Å². The Morgan fingerprint density at radius 1 is 1.26 bits per heavy atom. The minimum absolute atomic E-state index is 0.418. The molecule has 0 bridgehead atoms. The third kappa shape index (κ3) is 1.89. The normalized spacial score (nSPS) is 16.9. The highest BCUT2D eigenvalue weighted by Gasteiger charge is 2.25. The number of nitrogens with two attached hydrogens (primary N) is 1. The molecular weight excluding hydrogens is 240 g/mol. The van der Waals surface area contributed by atoms with E-state index >= 15 is 0 Å². The summed E-state index contributed by atoms with van der Waals surface area (Å²) in [5.74, 6) is -0.419. The maximum absolute atomic E-state index is 11.7. The molecule has 0 saturated heterocycles. The van der Waals surface area contributed by atoms with Gasteiger partial charge in [-0.15, -0.1) is 0 Å². The quantitative estimate of drug-likeness (QED) is 0.898. The second kappa shape index (κ2) is 4.64. The highest BCUT2D eigenvalue weighted by molar-refractivity contribution is 6.05. The molecule has 0 aliphatic heterocycles. The summed E-state index contributed by atoms with van der Waals surface area (Å²) in [5, 5.41) is 0. The van der Waals surface area contributed by atoms with E-state index in [2.05, 4.69) is 14.5 Å². The van der Waals surface area contributed by atoms with E-state index in [4.69, 9.17) is 5.73 Å². The topological polar surface area (TPSA) is 73.8 Å². The molecule has 0 unspecified atom stereocenters. The minimum Gasteiger partial charge on any atom is -0.365 e. The first-order valence-corrected chi connectivity index (χ1v) is 6.81. The second-order valence-corrected chi connectivity index (χ2v) is 5.22. The van der Waals surface area contributed by atoms with Crippen LogP contribution in [0.25, 0.3) is 11.2 Å². The lowest BCUT2D eigenvalue weighted by molar-refractivity contribution is 0.100. The molecule has 0 radical (unpaired) electrons. The number of hydrogen-bond acceptors (Lipinski definition) is 3. The van der Waals surface area contributed by atoms with Crippen LogP contribution in [0.4, 0.5) is 0 Å². The minimum atomic E-state index is -0.419. The van der Waals surface area contributed by atoms with E-state index in [0.717, 1.165) is 24.2 Å². The molecule has 2 aromatic rings. The second-order valence-electron chi connectivity index (χ2n) is 5.22. The summed E-state index contributed by atoms with van der Waals surface area (Å²) >= 11 is 0. The van der Waals surface area contributed by atoms with E-state index in [-0.39, 0.29) is 0 Å². The number of carbonyl (C=O) groups is 1. The Bertz CT molecular complexity index is 626. The molecule has 0 spiro atoms. The summed E-state index contributed by atoms with van der Waals surface area (Å²) < 4.78 is 2.17. The molecule has 5 heteroatoms. The fourth-order valence-electron chi connectivity index (χ4n) is 3.22. The van der Waals surface area contributed by atoms with Crippen molar-refractivity contribution in [3.63, 3.8) is 0 Å². The molecule has 1 aliphatic rings. The first kappa shape index (κ1) is 12.1. The molecule has 1 fully saturated rings. The van der Waals surface area contributed by atoms with Gasteiger partial charge >= 0.3 is 0 Å². The van der Waals surface area contributed by atoms with Crippen molar-refractivity contribution >= 4 is 17.1 Å². The van der Waals surface area contributed by atoms with Gasteiger partial charge in [-0.3, -0.25) is 9.78 Å². The molecule has 1 saturated carbocycles. The van der Waals surface area contributed by atoms with Crippen molar-refractivity contribution < 1.29 is 4.79 Å². The summed E-state index contributed by atoms with van der Waals surface area (Å²) in [6.07, 6.45) is 9.32. The summed E-state index contributed by atoms with van der Waals surface area (Å²) in [5.41, 5.74) is 8.36. The van der Waals surface area contributed by atoms with E-state index in [9.17, 15) is 4.79 Å². The van der Waals surface area contributed by atoms with Gasteiger partial charge in [0, 0.05) is 24.1 Å². The average molecular weight is 258 g/mol. The van der Waals surface area contributed by atoms with Crippen molar-refractivity contribution in [2.24, 2.45) is 5.73 Å². The molecule has 0 atom stereocenters. The molecule has 5 nitrogen and oxygen atoms in total. The molecule has 2 N–H and O–H groups in total. The van der Waals surface area contributed by atoms with E-state index < -0.39 is 5.91 Å². The Balaban J connectivity index is 2.23. The fourth-order valence-corrected chi connectivity index (χ4v) is 3.22. The van der Waals surface area contributed by atoms with Gasteiger partial charge in [0.2, 0.25) is 0 Å². The first-order chi connectivity index (χ1) is 9.20. The zero-order valence-electron chi connectivity index (χ0n) is 11.1. The Hall–Kier alpha value is -1.91. The lowest BCUT2D eigenvalue weighted by Crippen LogP contribution is -2.16. The maximum atomic E-state index is 11.7. The monoisotopic (exact) mass is 258 g/mol. The zero-order chi connectivity index (χ0) is 13.4. The van der Waals surface area contributed by atoms with Crippen LogP contribution in [0.5, 0.6) is 0 Å². The molecule has 2 aromatic heterocycles. The smallest absolute Gasteiger partial charge is 0.252 e. The van der Waals surface area contributed by atoms with Crippen LogP contribution in [-0.2, 0) is 0 Å². The molecular formula is C14H18N4O. The van der Waals surface area contributed by atoms with Gasteiger partial charge < -0.3 is 10.3 Å². The molecule has 0 aromatic carbocycles. The number of fused-ring (bicyclic) bond motifs is 1. The van der Waals surface area contributed by atoms with Gasteiger partial charge in [-0.05, 0) is 19.8 Å². The Morgan fingerprint density at radius 3 is 2.63 bits per heavy atom. The van der Waals surface area contributed by atoms with Gasteiger partial charge in [0.1, 0.15) is 5.52 Å². The number of amides is 1. The molecule has 19 heavy (non-hydrogen) atoms. The van der Waals surface area contributed by atoms with Gasteiger partial charge in [-0.2, -0.15) is 0 Å². The SMILES string of the molecule is Cc1c(C(N)=O)c2nccnc2n1C1CCCCC1. The van der Waals surface area contributed by atoms with Crippen LogP contribution in [-0.4, -0.2) is 20.4 Å². The van der Waals surface area contributed by atoms with Crippen LogP contribution < -0.4 is 5.73 Å². The van der Waals surface area contributed by atoms with Crippen molar-refractivity contribution in [1.82, 2.24) is 14.5 Å². The third-order valence-electron chi connectivity index (χ3n) is 4.05. The van der Waals surface area contributed by atoms with Crippen LogP contribution in [0.1, 0.15) is 54.2 Å². The van der Waals surface area contributed by atoms with Crippen LogP contribution in [0, 0.1) is 6.92 Å². The fraction of sp³-hybridized carbons (Fsp3) is 0.500. The van der Waals surface area contributed by atoms with Gasteiger partial charge in [-0.1, -0.05) is 19.3 Å². The number of nitrogens with zero attached hydrogens (tertiary/aromatic N) is 3. The molecule has 1 amide bonds. The first-order valence-electron chi connectivity index (χ1n) is 6.81. The number of carbonyl (C=O) groups excluding carboxylic acids is 1. The van der Waals surface area contributed by atoms with E-state index in [0.29, 0.717) is 17.1 Å². The van der Waals surface area contributed by atoms with Gasteiger partial charge in [0.25, 0.3) is 5.91 Å². The largest absolute Gasteiger partial charge is 0.365 e. The molecule has 1 aliphatic carbocycles. The van der Waals surface area contributed by atoms with Crippen molar-refractivity contribution in [1.29, 1.82) is 0 Å². The summed E-state index contributed by atoms with van der Waals surface area (Å²) in [7, 11) is 0. The lowest BCUT2D eigenvalue weighted by atomic mass is 9.95. The number of hydrogen-bond donors (Lipinski definition) is 1. The van der Waals surface area contributed by atoms with Crippen LogP contribution in [0.3, 0.4) is 0 Å². The van der Waals surface area contributed by atoms with Gasteiger partial charge in [-0.25, -0.2) is 4.98 Å². The van der Waals surface area contributed by atoms with Crippen LogP contribution >= 0.6 is 0 Å². The van der Waals surface area contributed by atoms with Crippen molar-refractivity contribution in [2.75, 3.05) is 0 Å². The van der Waals surface area contributed by atoms with Crippen LogP contribution in [0.15, 0.2) is 12.4 Å². The molecule has 100 valence electrons. The summed E-state index contributed by atoms with van der Waals surface area (Å²) in [6, 6.07) is 0.418. The predicted octanol–water partition coefficient (Wildman–Crippen LogP) is 2.34. The third-order valence-corrected chi connectivity index (χ3v) is 4.05. The maximum Gasteiger partial charge on any atom is 0.252 e. The van der Waals surface area contributed by atoms with E-state index in [1.807, 2.05) is 6.92 Å². The lowest BCUT2D eigenvalue weighted by Gasteiger charge is -2.25. The highest BCUT2D eigenvalue weighted by Crippen LogP contribution is 2.34. The van der Waals surface area contributed by atoms with Crippen LogP contribution in [0.2, 0.25) is 0 Å². The predicted molar refractivity (Wildman–Crippen MR) is 72.9 cm³/mol. The van der Waals surface area contributed by atoms with E-state index in [1.54, 1.807) is 12.4 Å². The zero-order valence-corrected chi connectivity index (χ0v) is 11.1. The Kier molecular flexibility index (Phi) is 2.97. The number of primary amides is 1.